The van der Waals surface area contributed by atoms with Crippen molar-refractivity contribution in [1.29, 1.82) is 0 Å². The largest absolute Gasteiger partial charge is 0.480 e. The monoisotopic (exact) mass is 338 g/mol. The van der Waals surface area contributed by atoms with Gasteiger partial charge in [-0.1, -0.05) is 12.1 Å². The number of halogens is 1. The number of carbonyl (C=O) groups is 1. The van der Waals surface area contributed by atoms with Crippen molar-refractivity contribution in [2.24, 2.45) is 0 Å². The second kappa shape index (κ2) is 9.11. The van der Waals surface area contributed by atoms with Crippen molar-refractivity contribution in [2.45, 2.75) is 25.8 Å². The van der Waals surface area contributed by atoms with Crippen LogP contribution in [-0.2, 0) is 9.53 Å². The highest BCUT2D eigenvalue weighted by Gasteiger charge is 2.25. The minimum absolute atomic E-state index is 0.309. The molecule has 0 spiro atoms. The molecule has 24 heavy (non-hydrogen) atoms. The number of benzene rings is 1. The number of hydrogen-bond acceptors (Lipinski definition) is 4. The lowest BCUT2D eigenvalue weighted by molar-refractivity contribution is -0.143. The smallest absolute Gasteiger partial charge is 0.325 e. The molecule has 6 heteroatoms. The van der Waals surface area contributed by atoms with Crippen LogP contribution in [0.15, 0.2) is 18.2 Å². The second-order valence-corrected chi connectivity index (χ2v) is 6.39. The first-order valence-corrected chi connectivity index (χ1v) is 8.48. The summed E-state index contributed by atoms with van der Waals surface area (Å²) < 4.78 is 18.7. The lowest BCUT2D eigenvalue weighted by Crippen LogP contribution is -2.37. The van der Waals surface area contributed by atoms with Crippen LogP contribution in [0.4, 0.5) is 4.39 Å². The molecule has 0 bridgehead atoms. The summed E-state index contributed by atoms with van der Waals surface area (Å²) in [6, 6.07) is 3.78. The molecule has 2 rings (SSSR count). The number of morpholine rings is 1. The fourth-order valence-electron chi connectivity index (χ4n) is 3.07. The number of hydrogen-bond donors (Lipinski definition) is 1. The number of aryl methyl sites for hydroxylation is 1. The van der Waals surface area contributed by atoms with Gasteiger partial charge in [0.05, 0.1) is 13.2 Å². The molecule has 1 atom stereocenters. The van der Waals surface area contributed by atoms with Crippen molar-refractivity contribution >= 4 is 5.97 Å². The van der Waals surface area contributed by atoms with Crippen LogP contribution in [0.5, 0.6) is 0 Å². The Morgan fingerprint density at radius 2 is 2.08 bits per heavy atom. The van der Waals surface area contributed by atoms with Gasteiger partial charge in [-0.3, -0.25) is 14.6 Å². The molecular weight excluding hydrogens is 311 g/mol. The molecule has 1 aliphatic heterocycles. The van der Waals surface area contributed by atoms with Gasteiger partial charge in [-0.25, -0.2) is 4.39 Å². The molecule has 1 N–H and O–H groups in total. The summed E-state index contributed by atoms with van der Waals surface area (Å²) in [5, 5.41) is 9.56. The Kier molecular flexibility index (Phi) is 7.15. The van der Waals surface area contributed by atoms with Gasteiger partial charge < -0.3 is 9.84 Å². The Balaban J connectivity index is 1.85. The molecule has 0 aromatic heterocycles. The van der Waals surface area contributed by atoms with Crippen LogP contribution in [0.3, 0.4) is 0 Å². The predicted molar refractivity (Wildman–Crippen MR) is 90.6 cm³/mol. The third kappa shape index (κ3) is 5.26. The van der Waals surface area contributed by atoms with Gasteiger partial charge in [0.2, 0.25) is 0 Å². The van der Waals surface area contributed by atoms with Crippen LogP contribution in [0.25, 0.3) is 0 Å². The van der Waals surface area contributed by atoms with Gasteiger partial charge >= 0.3 is 5.97 Å². The fourth-order valence-corrected chi connectivity index (χ4v) is 3.07. The maximum atomic E-state index is 13.4. The molecule has 1 aromatic carbocycles. The Morgan fingerprint density at radius 1 is 1.38 bits per heavy atom. The van der Waals surface area contributed by atoms with Crippen molar-refractivity contribution in [3.8, 4) is 0 Å². The van der Waals surface area contributed by atoms with E-state index in [4.69, 9.17) is 4.74 Å². The minimum Gasteiger partial charge on any atom is -0.480 e. The van der Waals surface area contributed by atoms with Crippen LogP contribution in [0, 0.1) is 12.7 Å². The highest BCUT2D eigenvalue weighted by atomic mass is 19.1. The van der Waals surface area contributed by atoms with Crippen LogP contribution >= 0.6 is 0 Å². The Labute approximate surface area is 143 Å². The van der Waals surface area contributed by atoms with E-state index in [0.717, 1.165) is 45.7 Å². The Hall–Kier alpha value is -1.50. The van der Waals surface area contributed by atoms with Crippen LogP contribution < -0.4 is 0 Å². The number of likely N-dealkylation sites (N-methyl/N-ethyl adjacent to an activating group) is 1. The summed E-state index contributed by atoms with van der Waals surface area (Å²) in [4.78, 5) is 15.9. The van der Waals surface area contributed by atoms with Crippen molar-refractivity contribution in [3.05, 3.63) is 35.1 Å². The van der Waals surface area contributed by atoms with Crippen molar-refractivity contribution in [2.75, 3.05) is 46.4 Å². The lowest BCUT2D eigenvalue weighted by Gasteiger charge is -2.28. The van der Waals surface area contributed by atoms with Crippen LogP contribution in [-0.4, -0.2) is 67.3 Å². The molecule has 1 aliphatic rings. The molecule has 0 amide bonds. The highest BCUT2D eigenvalue weighted by Crippen LogP contribution is 2.22. The molecule has 1 saturated heterocycles. The Morgan fingerprint density at radius 3 is 2.71 bits per heavy atom. The zero-order valence-electron chi connectivity index (χ0n) is 14.5. The number of carboxylic acid groups (broad SMARTS) is 1. The molecule has 1 unspecified atom stereocenters. The predicted octanol–water partition coefficient (Wildman–Crippen LogP) is 2.30. The third-order valence-electron chi connectivity index (χ3n) is 4.51. The molecule has 0 aliphatic carbocycles. The van der Waals surface area contributed by atoms with E-state index in [-0.39, 0.29) is 5.82 Å². The first-order valence-electron chi connectivity index (χ1n) is 8.48. The topological polar surface area (TPSA) is 53.0 Å². The molecule has 134 valence electrons. The zero-order chi connectivity index (χ0) is 17.5. The van der Waals surface area contributed by atoms with Crippen LogP contribution in [0.1, 0.15) is 30.0 Å². The molecule has 1 heterocycles. The van der Waals surface area contributed by atoms with E-state index >= 15 is 0 Å². The van der Waals surface area contributed by atoms with Gasteiger partial charge in [0.15, 0.2) is 0 Å². The van der Waals surface area contributed by atoms with Gasteiger partial charge in [0.25, 0.3) is 0 Å². The first kappa shape index (κ1) is 18.8. The quantitative estimate of drug-likeness (QED) is 0.737. The average Bonchev–Trinajstić information content (AvgIpc) is 2.56. The van der Waals surface area contributed by atoms with E-state index in [2.05, 4.69) is 4.90 Å². The summed E-state index contributed by atoms with van der Waals surface area (Å²) in [6.07, 6.45) is 1.96. The molecule has 5 nitrogen and oxygen atoms in total. The number of ether oxygens (including phenoxy) is 1. The van der Waals surface area contributed by atoms with Gasteiger partial charge in [0.1, 0.15) is 11.9 Å². The number of carboxylic acids is 1. The lowest BCUT2D eigenvalue weighted by atomic mass is 10.0. The number of unbranched alkanes of at least 4 members (excludes halogenated alkanes) is 1. The molecule has 1 aromatic rings. The average molecular weight is 338 g/mol. The summed E-state index contributed by atoms with van der Waals surface area (Å²) in [5.41, 5.74) is 1.09. The van der Waals surface area contributed by atoms with E-state index in [1.807, 2.05) is 11.9 Å². The van der Waals surface area contributed by atoms with E-state index in [1.165, 1.54) is 6.07 Å². The highest BCUT2D eigenvalue weighted by molar-refractivity contribution is 5.75. The summed E-state index contributed by atoms with van der Waals surface area (Å²) in [6.45, 7) is 6.91. The number of nitrogens with zero attached hydrogens (tertiary/aromatic N) is 2. The number of aliphatic carboxylic acids is 1. The summed E-state index contributed by atoms with van der Waals surface area (Å²) in [7, 11) is 1.81. The van der Waals surface area contributed by atoms with Crippen molar-refractivity contribution in [1.82, 2.24) is 9.80 Å². The minimum atomic E-state index is -0.906. The zero-order valence-corrected chi connectivity index (χ0v) is 14.5. The fraction of sp³-hybridized carbons (Fsp3) is 0.611. The second-order valence-electron chi connectivity index (χ2n) is 6.39. The molecule has 0 radical (unpaired) electrons. The summed E-state index contributed by atoms with van der Waals surface area (Å²) in [5.74, 6) is -1.22. The third-order valence-corrected chi connectivity index (χ3v) is 4.51. The molecular formula is C18H27FN2O3. The standard InChI is InChI=1S/C18H27FN2O3/c1-14-13-15(5-6-16(14)19)17(18(22)23)20(2)7-3-4-8-21-9-11-24-12-10-21/h5-6,13,17H,3-4,7-12H2,1-2H3,(H,22,23). The van der Waals surface area contributed by atoms with Gasteiger partial charge in [-0.05, 0) is 57.1 Å². The van der Waals surface area contributed by atoms with Crippen molar-refractivity contribution in [3.63, 3.8) is 0 Å². The van der Waals surface area contributed by atoms with Gasteiger partial charge in [-0.15, -0.1) is 0 Å². The van der Waals surface area contributed by atoms with E-state index in [0.29, 0.717) is 17.7 Å². The van der Waals surface area contributed by atoms with E-state index in [9.17, 15) is 14.3 Å². The van der Waals surface area contributed by atoms with Gasteiger partial charge in [0, 0.05) is 13.1 Å². The Bertz CT molecular complexity index is 547. The maximum absolute atomic E-state index is 13.4. The van der Waals surface area contributed by atoms with Crippen molar-refractivity contribution < 1.29 is 19.0 Å². The molecule has 0 saturated carbocycles. The molecule has 1 fully saturated rings. The first-order chi connectivity index (χ1) is 11.5. The van der Waals surface area contributed by atoms with Crippen LogP contribution in [0.2, 0.25) is 0 Å². The summed E-state index contributed by atoms with van der Waals surface area (Å²) >= 11 is 0. The SMILES string of the molecule is Cc1cc(C(C(=O)O)N(C)CCCCN2CCOCC2)ccc1F. The van der Waals surface area contributed by atoms with Gasteiger partial charge in [-0.2, -0.15) is 0 Å². The normalized spacial score (nSPS) is 17.2. The van der Waals surface area contributed by atoms with E-state index in [1.54, 1.807) is 19.1 Å². The van der Waals surface area contributed by atoms with E-state index < -0.39 is 12.0 Å². The maximum Gasteiger partial charge on any atom is 0.325 e. The number of rotatable bonds is 8.